The van der Waals surface area contributed by atoms with Crippen LogP contribution in [0, 0.1) is 15.4 Å². The van der Waals surface area contributed by atoms with Crippen molar-refractivity contribution >= 4 is 28.4 Å². The molecule has 1 aromatic heterocycles. The second kappa shape index (κ2) is 4.31. The summed E-state index contributed by atoms with van der Waals surface area (Å²) < 4.78 is 3.10. The van der Waals surface area contributed by atoms with E-state index in [1.165, 1.54) is 19.3 Å². The first-order valence-corrected chi connectivity index (χ1v) is 6.67. The fourth-order valence-electron chi connectivity index (χ4n) is 2.51. The van der Waals surface area contributed by atoms with E-state index >= 15 is 0 Å². The maximum Gasteiger partial charge on any atom is 0.135 e. The molecule has 2 rings (SSSR count). The molecule has 0 bridgehead atoms. The molecular formula is C11H18IN3. The molecule has 3 atom stereocenters. The molecule has 1 saturated carbocycles. The van der Waals surface area contributed by atoms with Gasteiger partial charge in [0.2, 0.25) is 0 Å². The standard InChI is InChI=1S/C11H18IN3/c1-7-4-3-5-10(8(7)2)15-11(13)9(12)6-14-15/h6-8,10H,3-5,13H2,1-2H3. The first-order valence-electron chi connectivity index (χ1n) is 5.59. The molecule has 0 aliphatic heterocycles. The highest BCUT2D eigenvalue weighted by molar-refractivity contribution is 14.1. The summed E-state index contributed by atoms with van der Waals surface area (Å²) in [6.07, 6.45) is 5.72. The first kappa shape index (κ1) is 11.2. The Morgan fingerprint density at radius 3 is 2.80 bits per heavy atom. The Bertz CT molecular complexity index is 348. The summed E-state index contributed by atoms with van der Waals surface area (Å²) in [5.74, 6) is 2.29. The van der Waals surface area contributed by atoms with E-state index in [1.54, 1.807) is 0 Å². The molecule has 1 fully saturated rings. The molecule has 0 saturated heterocycles. The lowest BCUT2D eigenvalue weighted by atomic mass is 9.78. The Kier molecular flexibility index (Phi) is 3.23. The van der Waals surface area contributed by atoms with Crippen LogP contribution >= 0.6 is 22.6 Å². The number of anilines is 1. The smallest absolute Gasteiger partial charge is 0.135 e. The summed E-state index contributed by atoms with van der Waals surface area (Å²) >= 11 is 2.25. The largest absolute Gasteiger partial charge is 0.383 e. The molecule has 2 N–H and O–H groups in total. The summed E-state index contributed by atoms with van der Waals surface area (Å²) in [6, 6.07) is 0.497. The number of hydrogen-bond donors (Lipinski definition) is 1. The van der Waals surface area contributed by atoms with Crippen LogP contribution in [0.2, 0.25) is 0 Å². The van der Waals surface area contributed by atoms with Gasteiger partial charge in [-0.15, -0.1) is 0 Å². The van der Waals surface area contributed by atoms with Crippen LogP contribution in [-0.2, 0) is 0 Å². The molecular weight excluding hydrogens is 301 g/mol. The lowest BCUT2D eigenvalue weighted by Crippen LogP contribution is -2.28. The van der Waals surface area contributed by atoms with Crippen molar-refractivity contribution in [3.05, 3.63) is 9.77 Å². The van der Waals surface area contributed by atoms with Crippen molar-refractivity contribution in [2.45, 2.75) is 39.2 Å². The molecule has 1 aliphatic rings. The van der Waals surface area contributed by atoms with Gasteiger partial charge in [-0.1, -0.05) is 26.7 Å². The minimum Gasteiger partial charge on any atom is -0.383 e. The van der Waals surface area contributed by atoms with Crippen molar-refractivity contribution in [3.63, 3.8) is 0 Å². The summed E-state index contributed by atoms with van der Waals surface area (Å²) in [5, 5.41) is 4.41. The third kappa shape index (κ3) is 2.00. The third-order valence-electron chi connectivity index (χ3n) is 3.76. The third-order valence-corrected chi connectivity index (χ3v) is 4.60. The molecule has 4 heteroatoms. The van der Waals surface area contributed by atoms with E-state index in [9.17, 15) is 0 Å². The zero-order chi connectivity index (χ0) is 11.0. The number of hydrogen-bond acceptors (Lipinski definition) is 2. The average Bonchev–Trinajstić information content (AvgIpc) is 2.53. The van der Waals surface area contributed by atoms with Gasteiger partial charge in [0.15, 0.2) is 0 Å². The van der Waals surface area contributed by atoms with E-state index in [2.05, 4.69) is 41.5 Å². The summed E-state index contributed by atoms with van der Waals surface area (Å²) in [6.45, 7) is 4.66. The average molecular weight is 319 g/mol. The van der Waals surface area contributed by atoms with E-state index in [1.807, 2.05) is 10.9 Å². The molecule has 3 unspecified atom stereocenters. The SMILES string of the molecule is CC1CCCC(n2ncc(I)c2N)C1C. The molecule has 1 heterocycles. The monoisotopic (exact) mass is 319 g/mol. The van der Waals surface area contributed by atoms with Crippen molar-refractivity contribution in [2.24, 2.45) is 11.8 Å². The fraction of sp³-hybridized carbons (Fsp3) is 0.727. The second-order valence-corrected chi connectivity index (χ2v) is 5.82. The first-order chi connectivity index (χ1) is 7.11. The van der Waals surface area contributed by atoms with Crippen molar-refractivity contribution < 1.29 is 0 Å². The fourth-order valence-corrected chi connectivity index (χ4v) is 2.89. The van der Waals surface area contributed by atoms with Crippen molar-refractivity contribution in [2.75, 3.05) is 5.73 Å². The van der Waals surface area contributed by atoms with Gasteiger partial charge in [-0.05, 0) is 40.8 Å². The highest BCUT2D eigenvalue weighted by Crippen LogP contribution is 2.38. The molecule has 1 aliphatic carbocycles. The van der Waals surface area contributed by atoms with Crippen molar-refractivity contribution in [1.29, 1.82) is 0 Å². The molecule has 1 aromatic rings. The predicted octanol–water partition coefficient (Wildman–Crippen LogP) is 3.07. The van der Waals surface area contributed by atoms with Crippen LogP contribution in [0.15, 0.2) is 6.20 Å². The van der Waals surface area contributed by atoms with E-state index in [0.717, 1.165) is 15.3 Å². The van der Waals surface area contributed by atoms with Gasteiger partial charge >= 0.3 is 0 Å². The van der Waals surface area contributed by atoms with Crippen LogP contribution in [0.4, 0.5) is 5.82 Å². The lowest BCUT2D eigenvalue weighted by molar-refractivity contribution is 0.176. The Morgan fingerprint density at radius 2 is 2.20 bits per heavy atom. The molecule has 0 amide bonds. The van der Waals surface area contributed by atoms with Gasteiger partial charge in [-0.2, -0.15) is 5.10 Å². The van der Waals surface area contributed by atoms with Gasteiger partial charge in [-0.25, -0.2) is 4.68 Å². The number of nitrogens with two attached hydrogens (primary N) is 1. The van der Waals surface area contributed by atoms with Gasteiger partial charge in [-0.3, -0.25) is 0 Å². The van der Waals surface area contributed by atoms with Gasteiger partial charge in [0.1, 0.15) is 5.82 Å². The molecule has 0 spiro atoms. The molecule has 15 heavy (non-hydrogen) atoms. The molecule has 84 valence electrons. The van der Waals surface area contributed by atoms with Gasteiger partial charge < -0.3 is 5.73 Å². The number of aromatic nitrogens is 2. The van der Waals surface area contributed by atoms with Crippen LogP contribution < -0.4 is 5.73 Å². The van der Waals surface area contributed by atoms with Crippen molar-refractivity contribution in [3.8, 4) is 0 Å². The number of nitrogen functional groups attached to an aromatic ring is 1. The Balaban J connectivity index is 2.26. The Morgan fingerprint density at radius 1 is 1.47 bits per heavy atom. The number of halogens is 1. The molecule has 0 aromatic carbocycles. The van der Waals surface area contributed by atoms with Gasteiger partial charge in [0.05, 0.1) is 15.8 Å². The highest BCUT2D eigenvalue weighted by Gasteiger charge is 2.30. The maximum atomic E-state index is 6.03. The topological polar surface area (TPSA) is 43.8 Å². The molecule has 3 nitrogen and oxygen atoms in total. The minimum atomic E-state index is 0.497. The van der Waals surface area contributed by atoms with Gasteiger partial charge in [0, 0.05) is 0 Å². The summed E-state index contributed by atoms with van der Waals surface area (Å²) in [7, 11) is 0. The zero-order valence-corrected chi connectivity index (χ0v) is 11.4. The van der Waals surface area contributed by atoms with Gasteiger partial charge in [0.25, 0.3) is 0 Å². The van der Waals surface area contributed by atoms with Crippen LogP contribution in [0.3, 0.4) is 0 Å². The van der Waals surface area contributed by atoms with E-state index in [-0.39, 0.29) is 0 Å². The summed E-state index contributed by atoms with van der Waals surface area (Å²) in [5.41, 5.74) is 6.03. The Labute approximate surface area is 105 Å². The van der Waals surface area contributed by atoms with Crippen LogP contribution in [0.1, 0.15) is 39.2 Å². The number of rotatable bonds is 1. The van der Waals surface area contributed by atoms with Crippen molar-refractivity contribution in [1.82, 2.24) is 9.78 Å². The summed E-state index contributed by atoms with van der Waals surface area (Å²) in [4.78, 5) is 0. The normalized spacial score (nSPS) is 31.8. The maximum absolute atomic E-state index is 6.03. The van der Waals surface area contributed by atoms with E-state index < -0.39 is 0 Å². The predicted molar refractivity (Wildman–Crippen MR) is 70.6 cm³/mol. The van der Waals surface area contributed by atoms with E-state index in [0.29, 0.717) is 12.0 Å². The highest BCUT2D eigenvalue weighted by atomic mass is 127. The van der Waals surface area contributed by atoms with Crippen LogP contribution in [0.5, 0.6) is 0 Å². The lowest BCUT2D eigenvalue weighted by Gasteiger charge is -2.34. The van der Waals surface area contributed by atoms with Crippen LogP contribution in [0.25, 0.3) is 0 Å². The zero-order valence-electron chi connectivity index (χ0n) is 9.28. The number of nitrogens with zero attached hydrogens (tertiary/aromatic N) is 2. The quantitative estimate of drug-likeness (QED) is 0.809. The minimum absolute atomic E-state index is 0.497. The Hall–Kier alpha value is -0.260. The molecule has 0 radical (unpaired) electrons. The van der Waals surface area contributed by atoms with Crippen LogP contribution in [-0.4, -0.2) is 9.78 Å². The van der Waals surface area contributed by atoms with E-state index in [4.69, 9.17) is 5.73 Å². The second-order valence-electron chi connectivity index (χ2n) is 4.66.